The van der Waals surface area contributed by atoms with Crippen LogP contribution >= 0.6 is 11.8 Å². The number of amides is 2. The van der Waals surface area contributed by atoms with Crippen LogP contribution in [-0.4, -0.2) is 47.4 Å². The number of nitrogens with one attached hydrogen (secondary N) is 2. The van der Waals surface area contributed by atoms with Crippen molar-refractivity contribution < 1.29 is 19.1 Å². The van der Waals surface area contributed by atoms with Crippen molar-refractivity contribution in [3.05, 3.63) is 30.1 Å². The van der Waals surface area contributed by atoms with Gasteiger partial charge in [0.15, 0.2) is 0 Å². The van der Waals surface area contributed by atoms with Crippen LogP contribution in [0.1, 0.15) is 122 Å². The highest BCUT2D eigenvalue weighted by Crippen LogP contribution is 2.36. The highest BCUT2D eigenvalue weighted by Gasteiger charge is 2.31. The van der Waals surface area contributed by atoms with Crippen molar-refractivity contribution in [1.29, 1.82) is 0 Å². The molecule has 2 rings (SSSR count). The van der Waals surface area contributed by atoms with E-state index in [9.17, 15) is 9.59 Å². The van der Waals surface area contributed by atoms with E-state index in [1.807, 2.05) is 18.2 Å². The molecule has 1 aliphatic rings. The van der Waals surface area contributed by atoms with Gasteiger partial charge in [-0.15, -0.1) is 11.8 Å². The zero-order valence-corrected chi connectivity index (χ0v) is 25.1. The van der Waals surface area contributed by atoms with E-state index in [0.717, 1.165) is 25.0 Å². The molecule has 39 heavy (non-hydrogen) atoms. The number of carbonyl (C=O) groups excluding carboxylic acids is 2. The summed E-state index contributed by atoms with van der Waals surface area (Å²) < 4.78 is 10.6. The maximum Gasteiger partial charge on any atom is 0.407 e. The minimum Gasteiger partial charge on any atom is -0.448 e. The number of hydrogen-bond donors (Lipinski definition) is 2. The lowest BCUT2D eigenvalue weighted by atomic mass is 10.0. The molecule has 0 saturated carbocycles. The molecule has 0 unspecified atom stereocenters. The van der Waals surface area contributed by atoms with Gasteiger partial charge >= 0.3 is 12.2 Å². The molecule has 0 aliphatic carbocycles. The van der Waals surface area contributed by atoms with Gasteiger partial charge in [-0.2, -0.15) is 0 Å². The number of rotatable bonds is 23. The average Bonchev–Trinajstić information content (AvgIpc) is 2.93. The summed E-state index contributed by atoms with van der Waals surface area (Å²) in [5.74, 6) is 0. The Bertz CT molecular complexity index is 747. The molecule has 2 N–H and O–H groups in total. The fraction of sp³-hybridized carbons (Fsp3) is 0.774. The molecule has 0 aromatic carbocycles. The minimum absolute atomic E-state index is 0.257. The molecule has 222 valence electrons. The molecule has 1 aromatic heterocycles. The van der Waals surface area contributed by atoms with Gasteiger partial charge in [0, 0.05) is 23.2 Å². The lowest BCUT2D eigenvalue weighted by molar-refractivity contribution is 0.134. The summed E-state index contributed by atoms with van der Waals surface area (Å²) >= 11 is 1.70. The first kappa shape index (κ1) is 33.2. The highest BCUT2D eigenvalue weighted by molar-refractivity contribution is 8.01. The van der Waals surface area contributed by atoms with Gasteiger partial charge in [0.1, 0.15) is 13.2 Å². The summed E-state index contributed by atoms with van der Waals surface area (Å²) in [5.41, 5.74) is 0.790. The smallest absolute Gasteiger partial charge is 0.407 e. The number of nitrogens with zero attached hydrogens (tertiary/aromatic N) is 1. The maximum absolute atomic E-state index is 11.9. The summed E-state index contributed by atoms with van der Waals surface area (Å²) in [7, 11) is 0. The predicted molar refractivity (Wildman–Crippen MR) is 161 cm³/mol. The largest absolute Gasteiger partial charge is 0.448 e. The van der Waals surface area contributed by atoms with Crippen molar-refractivity contribution in [2.45, 2.75) is 133 Å². The predicted octanol–water partition coefficient (Wildman–Crippen LogP) is 8.17. The quantitative estimate of drug-likeness (QED) is 0.131. The van der Waals surface area contributed by atoms with Crippen molar-refractivity contribution in [1.82, 2.24) is 15.6 Å². The molecule has 1 fully saturated rings. The van der Waals surface area contributed by atoms with Crippen LogP contribution in [0.25, 0.3) is 0 Å². The van der Waals surface area contributed by atoms with E-state index in [1.165, 1.54) is 89.9 Å². The second-order valence-electron chi connectivity index (χ2n) is 10.7. The van der Waals surface area contributed by atoms with Gasteiger partial charge in [-0.3, -0.25) is 4.98 Å². The highest BCUT2D eigenvalue weighted by atomic mass is 32.2. The maximum atomic E-state index is 11.9. The standard InChI is InChI=1S/C31H53N3O4S/c1-2-3-4-5-6-7-8-9-10-11-12-13-14-15-16-18-22-33-30(35)37-25-28-23-29(39-28)26-38-31(36)34-24-27-20-17-19-21-32-27/h17,19-21,28-29H,2-16,18,22-26H2,1H3,(H,33,35)(H,34,36)/t28-,29-/m0/s1. The molecule has 0 spiro atoms. The molecular weight excluding hydrogens is 510 g/mol. The van der Waals surface area contributed by atoms with E-state index in [2.05, 4.69) is 22.5 Å². The molecule has 7 nitrogen and oxygen atoms in total. The lowest BCUT2D eigenvalue weighted by Crippen LogP contribution is -2.37. The van der Waals surface area contributed by atoms with Crippen LogP contribution in [0.3, 0.4) is 0 Å². The van der Waals surface area contributed by atoms with Crippen LogP contribution in [0.15, 0.2) is 24.4 Å². The molecule has 2 heterocycles. The third-order valence-corrected chi connectivity index (χ3v) is 8.58. The topological polar surface area (TPSA) is 89.5 Å². The Balaban J connectivity index is 1.28. The Morgan fingerprint density at radius 2 is 1.26 bits per heavy atom. The number of pyridine rings is 1. The summed E-state index contributed by atoms with van der Waals surface area (Å²) in [6, 6.07) is 5.57. The fourth-order valence-corrected chi connectivity index (χ4v) is 5.90. The molecule has 2 amide bonds. The lowest BCUT2D eigenvalue weighted by Gasteiger charge is -2.33. The van der Waals surface area contributed by atoms with E-state index in [0.29, 0.717) is 26.3 Å². The molecule has 8 heteroatoms. The van der Waals surface area contributed by atoms with Crippen LogP contribution in [-0.2, 0) is 16.0 Å². The number of carbonyl (C=O) groups is 2. The normalized spacial score (nSPS) is 16.3. The first-order valence-corrected chi connectivity index (χ1v) is 16.5. The molecule has 1 aromatic rings. The number of unbranched alkanes of at least 4 members (excludes halogenated alkanes) is 15. The summed E-state index contributed by atoms with van der Waals surface area (Å²) in [6.07, 6.45) is 23.3. The summed E-state index contributed by atoms with van der Waals surface area (Å²) in [5, 5.41) is 6.09. The molecule has 0 bridgehead atoms. The minimum atomic E-state index is -0.436. The van der Waals surface area contributed by atoms with Crippen LogP contribution in [0.5, 0.6) is 0 Å². The van der Waals surface area contributed by atoms with Crippen molar-refractivity contribution in [3.8, 4) is 0 Å². The van der Waals surface area contributed by atoms with Crippen molar-refractivity contribution in [2.75, 3.05) is 19.8 Å². The summed E-state index contributed by atoms with van der Waals surface area (Å²) in [6.45, 7) is 4.07. The number of ether oxygens (including phenoxy) is 2. The summed E-state index contributed by atoms with van der Waals surface area (Å²) in [4.78, 5) is 27.9. The molecule has 0 radical (unpaired) electrons. The Labute approximate surface area is 241 Å². The van der Waals surface area contributed by atoms with Gasteiger partial charge in [-0.25, -0.2) is 9.59 Å². The van der Waals surface area contributed by atoms with Crippen LogP contribution < -0.4 is 10.6 Å². The number of thioether (sulfide) groups is 1. The van der Waals surface area contributed by atoms with Gasteiger partial charge in [0.25, 0.3) is 0 Å². The van der Waals surface area contributed by atoms with Gasteiger partial charge in [0.05, 0.1) is 12.2 Å². The Hall–Kier alpha value is -1.96. The van der Waals surface area contributed by atoms with Gasteiger partial charge in [0.2, 0.25) is 0 Å². The molecule has 2 atom stereocenters. The first-order valence-electron chi connectivity index (χ1n) is 15.5. The zero-order valence-electron chi connectivity index (χ0n) is 24.3. The van der Waals surface area contributed by atoms with Crippen LogP contribution in [0.2, 0.25) is 0 Å². The van der Waals surface area contributed by atoms with Gasteiger partial charge < -0.3 is 20.1 Å². The van der Waals surface area contributed by atoms with Crippen molar-refractivity contribution in [3.63, 3.8) is 0 Å². The average molecular weight is 564 g/mol. The van der Waals surface area contributed by atoms with Gasteiger partial charge in [-0.05, 0) is 25.0 Å². The van der Waals surface area contributed by atoms with Crippen molar-refractivity contribution >= 4 is 23.9 Å². The zero-order chi connectivity index (χ0) is 27.8. The Morgan fingerprint density at radius 1 is 0.769 bits per heavy atom. The van der Waals surface area contributed by atoms with Crippen molar-refractivity contribution in [2.24, 2.45) is 0 Å². The monoisotopic (exact) mass is 563 g/mol. The molecule has 1 aliphatic heterocycles. The molecule has 1 saturated heterocycles. The Morgan fingerprint density at radius 3 is 1.74 bits per heavy atom. The van der Waals surface area contributed by atoms with E-state index in [1.54, 1.807) is 18.0 Å². The third kappa shape index (κ3) is 18.1. The van der Waals surface area contributed by atoms with E-state index in [4.69, 9.17) is 9.47 Å². The molecular formula is C31H53N3O4S. The Kier molecular flexibility index (Phi) is 19.4. The van der Waals surface area contributed by atoms with E-state index >= 15 is 0 Å². The van der Waals surface area contributed by atoms with Crippen LogP contribution in [0.4, 0.5) is 9.59 Å². The first-order chi connectivity index (χ1) is 19.2. The third-order valence-electron chi connectivity index (χ3n) is 7.15. The fourth-order valence-electron chi connectivity index (χ4n) is 4.74. The van der Waals surface area contributed by atoms with E-state index in [-0.39, 0.29) is 16.6 Å². The second kappa shape index (κ2) is 22.8. The number of hydrogen-bond acceptors (Lipinski definition) is 6. The van der Waals surface area contributed by atoms with E-state index < -0.39 is 6.09 Å². The number of aromatic nitrogens is 1. The number of alkyl carbamates (subject to hydrolysis) is 2. The SMILES string of the molecule is CCCCCCCCCCCCCCCCCCNC(=O)OC[C@@H]1C[C@@H](COC(=O)NCc2ccccn2)S1. The van der Waals surface area contributed by atoms with Gasteiger partial charge in [-0.1, -0.05) is 109 Å². The van der Waals surface area contributed by atoms with Crippen LogP contribution in [0, 0.1) is 0 Å². The second-order valence-corrected chi connectivity index (χ2v) is 12.3.